The molecule has 0 fully saturated rings. The fraction of sp³-hybridized carbons (Fsp3) is 0.231. The van der Waals surface area contributed by atoms with Gasteiger partial charge in [-0.3, -0.25) is 0 Å². The number of nitrogens with zero attached hydrogens (tertiary/aromatic N) is 1. The van der Waals surface area contributed by atoms with Crippen LogP contribution in [0.3, 0.4) is 0 Å². The van der Waals surface area contributed by atoms with Gasteiger partial charge in [0.15, 0.2) is 0 Å². The van der Waals surface area contributed by atoms with Gasteiger partial charge in [0.1, 0.15) is 17.2 Å². The molecule has 5 nitrogen and oxygen atoms in total. The van der Waals surface area contributed by atoms with Crippen molar-refractivity contribution in [2.24, 2.45) is 0 Å². The third kappa shape index (κ3) is 8.28. The molecule has 1 heterocycles. The number of methoxy groups -OCH3 is 1. The van der Waals surface area contributed by atoms with Crippen LogP contribution in [-0.2, 0) is 17.0 Å². The number of unbranched alkanes of at least 4 members (excludes halogenated alkanes) is 1. The van der Waals surface area contributed by atoms with Crippen LogP contribution in [0.1, 0.15) is 29.8 Å². The van der Waals surface area contributed by atoms with Gasteiger partial charge in [0, 0.05) is 10.6 Å². The zero-order valence-electron chi connectivity index (χ0n) is 18.6. The van der Waals surface area contributed by atoms with E-state index in [1.807, 2.05) is 30.3 Å². The number of hydrogen-bond donors (Lipinski definition) is 0. The standard InChI is InChI=1S/C26H25Cl2NO4S/c1-32-20-8-5-18(6-9-20)4-2-3-15-33-25-13-7-19(29-24(25)12-14-26(30)31)17-34-21-10-11-22(27)23(28)16-21/h5-14,16H,2-4,15,17H2,1H3,(H,30,31)/p-1/b14-12+. The maximum absolute atomic E-state index is 10.9. The number of halogens is 2. The van der Waals surface area contributed by atoms with Gasteiger partial charge in [0.25, 0.3) is 0 Å². The summed E-state index contributed by atoms with van der Waals surface area (Å²) in [6.07, 6.45) is 5.10. The van der Waals surface area contributed by atoms with Crippen LogP contribution >= 0.6 is 35.0 Å². The zero-order valence-corrected chi connectivity index (χ0v) is 21.0. The Bertz CT molecular complexity index is 1140. The Morgan fingerprint density at radius 3 is 2.56 bits per heavy atom. The van der Waals surface area contributed by atoms with Crippen LogP contribution in [0.4, 0.5) is 0 Å². The van der Waals surface area contributed by atoms with E-state index < -0.39 is 5.97 Å². The van der Waals surface area contributed by atoms with E-state index in [1.165, 1.54) is 11.6 Å². The number of carbonyl (C=O) groups excluding carboxylic acids is 1. The molecule has 3 rings (SSSR count). The van der Waals surface area contributed by atoms with Crippen molar-refractivity contribution in [2.75, 3.05) is 13.7 Å². The van der Waals surface area contributed by atoms with Crippen molar-refractivity contribution in [1.29, 1.82) is 0 Å². The van der Waals surface area contributed by atoms with E-state index in [0.717, 1.165) is 41.7 Å². The van der Waals surface area contributed by atoms with Gasteiger partial charge in [-0.15, -0.1) is 11.8 Å². The van der Waals surface area contributed by atoms with Crippen molar-refractivity contribution in [1.82, 2.24) is 4.98 Å². The molecule has 8 heteroatoms. The molecule has 0 atom stereocenters. The van der Waals surface area contributed by atoms with Crippen molar-refractivity contribution < 1.29 is 19.4 Å². The molecule has 0 aliphatic carbocycles. The van der Waals surface area contributed by atoms with Gasteiger partial charge in [-0.05, 0) is 79.4 Å². The van der Waals surface area contributed by atoms with Gasteiger partial charge in [0.2, 0.25) is 0 Å². The minimum atomic E-state index is -1.29. The van der Waals surface area contributed by atoms with Crippen LogP contribution in [0.2, 0.25) is 10.0 Å². The number of rotatable bonds is 12. The summed E-state index contributed by atoms with van der Waals surface area (Å²) in [5, 5.41) is 11.9. The lowest BCUT2D eigenvalue weighted by molar-refractivity contribution is -0.297. The van der Waals surface area contributed by atoms with E-state index >= 15 is 0 Å². The van der Waals surface area contributed by atoms with Gasteiger partial charge in [-0.25, -0.2) is 4.98 Å². The van der Waals surface area contributed by atoms with E-state index in [-0.39, 0.29) is 0 Å². The van der Waals surface area contributed by atoms with Crippen molar-refractivity contribution in [3.05, 3.63) is 87.7 Å². The number of ether oxygens (including phenoxy) is 2. The Hall–Kier alpha value is -2.67. The summed E-state index contributed by atoms with van der Waals surface area (Å²) < 4.78 is 11.1. The molecule has 0 N–H and O–H groups in total. The largest absolute Gasteiger partial charge is 0.545 e. The van der Waals surface area contributed by atoms with Crippen molar-refractivity contribution >= 4 is 47.0 Å². The monoisotopic (exact) mass is 516 g/mol. The average Bonchev–Trinajstić information content (AvgIpc) is 2.84. The van der Waals surface area contributed by atoms with Crippen molar-refractivity contribution in [3.8, 4) is 11.5 Å². The summed E-state index contributed by atoms with van der Waals surface area (Å²) in [5.41, 5.74) is 2.47. The number of aryl methyl sites for hydroxylation is 1. The topological polar surface area (TPSA) is 71.5 Å². The SMILES string of the molecule is COc1ccc(CCCCOc2ccc(CSc3ccc(Cl)c(Cl)c3)nc2/C=C/C(=O)[O-])cc1. The summed E-state index contributed by atoms with van der Waals surface area (Å²) in [6.45, 7) is 0.501. The first kappa shape index (κ1) is 25.9. The Morgan fingerprint density at radius 2 is 1.85 bits per heavy atom. The van der Waals surface area contributed by atoms with Crippen LogP contribution in [0.5, 0.6) is 11.5 Å². The molecule has 34 heavy (non-hydrogen) atoms. The predicted octanol–water partition coefficient (Wildman–Crippen LogP) is 5.85. The first-order chi connectivity index (χ1) is 16.4. The quantitative estimate of drug-likeness (QED) is 0.170. The number of carboxylic acid groups (broad SMARTS) is 1. The molecule has 0 aliphatic heterocycles. The summed E-state index contributed by atoms with van der Waals surface area (Å²) in [4.78, 5) is 16.4. The number of aliphatic carboxylic acids is 1. The maximum Gasteiger partial charge on any atom is 0.144 e. The zero-order chi connectivity index (χ0) is 24.3. The number of thioether (sulfide) groups is 1. The number of carboxylic acids is 1. The number of pyridine rings is 1. The van der Waals surface area contributed by atoms with Gasteiger partial charge in [-0.1, -0.05) is 35.3 Å². The summed E-state index contributed by atoms with van der Waals surface area (Å²) in [5.74, 6) is 0.662. The Kier molecular flexibility index (Phi) is 10.1. The highest BCUT2D eigenvalue weighted by Crippen LogP contribution is 2.30. The highest BCUT2D eigenvalue weighted by Gasteiger charge is 2.07. The highest BCUT2D eigenvalue weighted by atomic mass is 35.5. The highest BCUT2D eigenvalue weighted by molar-refractivity contribution is 7.98. The average molecular weight is 517 g/mol. The van der Waals surface area contributed by atoms with Gasteiger partial charge in [-0.2, -0.15) is 0 Å². The predicted molar refractivity (Wildman–Crippen MR) is 136 cm³/mol. The summed E-state index contributed by atoms with van der Waals surface area (Å²) in [6, 6.07) is 17.1. The molecule has 0 radical (unpaired) electrons. The lowest BCUT2D eigenvalue weighted by atomic mass is 10.1. The van der Waals surface area contributed by atoms with Crippen LogP contribution in [0, 0.1) is 0 Å². The Balaban J connectivity index is 1.56. The van der Waals surface area contributed by atoms with Crippen molar-refractivity contribution in [2.45, 2.75) is 29.9 Å². The fourth-order valence-electron chi connectivity index (χ4n) is 3.10. The molecule has 1 aromatic heterocycles. The second kappa shape index (κ2) is 13.3. The maximum atomic E-state index is 10.9. The molecule has 2 aromatic carbocycles. The van der Waals surface area contributed by atoms with Crippen LogP contribution in [0.25, 0.3) is 6.08 Å². The minimum Gasteiger partial charge on any atom is -0.545 e. The Labute approximate surface area is 213 Å². The van der Waals surface area contributed by atoms with Gasteiger partial charge in [0.05, 0.1) is 35.4 Å². The third-order valence-electron chi connectivity index (χ3n) is 4.88. The number of benzene rings is 2. The van der Waals surface area contributed by atoms with E-state index in [0.29, 0.717) is 33.8 Å². The third-order valence-corrected chi connectivity index (χ3v) is 6.64. The van der Waals surface area contributed by atoms with Gasteiger partial charge < -0.3 is 19.4 Å². The lowest BCUT2D eigenvalue weighted by Gasteiger charge is -2.11. The first-order valence-corrected chi connectivity index (χ1v) is 12.4. The van der Waals surface area contributed by atoms with Crippen LogP contribution in [0.15, 0.2) is 65.6 Å². The normalized spacial score (nSPS) is 11.0. The molecule has 178 valence electrons. The number of carbonyl (C=O) groups is 1. The van der Waals surface area contributed by atoms with Crippen LogP contribution < -0.4 is 14.6 Å². The molecule has 0 spiro atoms. The molecular formula is C26H24Cl2NO4S-. The molecule has 0 bridgehead atoms. The molecule has 0 aliphatic rings. The number of hydrogen-bond acceptors (Lipinski definition) is 6. The molecule has 0 unspecified atom stereocenters. The minimum absolute atomic E-state index is 0.451. The van der Waals surface area contributed by atoms with E-state index in [1.54, 1.807) is 31.0 Å². The smallest absolute Gasteiger partial charge is 0.144 e. The summed E-state index contributed by atoms with van der Waals surface area (Å²) in [7, 11) is 1.65. The Morgan fingerprint density at radius 1 is 1.06 bits per heavy atom. The van der Waals surface area contributed by atoms with Gasteiger partial charge >= 0.3 is 0 Å². The first-order valence-electron chi connectivity index (χ1n) is 10.7. The van der Waals surface area contributed by atoms with Crippen molar-refractivity contribution in [3.63, 3.8) is 0 Å². The fourth-order valence-corrected chi connectivity index (χ4v) is 4.31. The second-order valence-electron chi connectivity index (χ2n) is 7.36. The lowest BCUT2D eigenvalue weighted by Crippen LogP contribution is -2.18. The number of aromatic nitrogens is 1. The van der Waals surface area contributed by atoms with E-state index in [2.05, 4.69) is 17.1 Å². The molecule has 3 aromatic rings. The van der Waals surface area contributed by atoms with Crippen LogP contribution in [-0.4, -0.2) is 24.7 Å². The molecule has 0 amide bonds. The molecular weight excluding hydrogens is 493 g/mol. The second-order valence-corrected chi connectivity index (χ2v) is 9.22. The van der Waals surface area contributed by atoms with E-state index in [4.69, 9.17) is 32.7 Å². The molecule has 0 saturated heterocycles. The summed E-state index contributed by atoms with van der Waals surface area (Å²) >= 11 is 13.6. The molecule has 0 saturated carbocycles. The van der Waals surface area contributed by atoms with E-state index in [9.17, 15) is 9.90 Å².